The fourth-order valence-electron chi connectivity index (χ4n) is 1.65. The lowest BCUT2D eigenvalue weighted by atomic mass is 10.3. The number of hydrogen-bond donors (Lipinski definition) is 2. The van der Waals surface area contributed by atoms with Crippen molar-refractivity contribution in [2.75, 3.05) is 11.9 Å². The van der Waals surface area contributed by atoms with Crippen LogP contribution in [0.2, 0.25) is 5.02 Å². The van der Waals surface area contributed by atoms with Gasteiger partial charge in [0, 0.05) is 10.6 Å². The van der Waals surface area contributed by atoms with Gasteiger partial charge in [0.2, 0.25) is 5.91 Å². The molecule has 0 saturated carbocycles. The van der Waals surface area contributed by atoms with Gasteiger partial charge in [-0.15, -0.1) is 11.3 Å². The minimum atomic E-state index is -2.93. The topological polar surface area (TPSA) is 50.4 Å². The van der Waals surface area contributed by atoms with E-state index in [1.807, 2.05) is 17.5 Å². The Balaban J connectivity index is 1.81. The van der Waals surface area contributed by atoms with Gasteiger partial charge in [0.25, 0.3) is 0 Å². The van der Waals surface area contributed by atoms with Crippen LogP contribution in [0.25, 0.3) is 0 Å². The third-order valence-corrected chi connectivity index (χ3v) is 3.81. The summed E-state index contributed by atoms with van der Waals surface area (Å²) in [6, 6.07) is 8.09. The van der Waals surface area contributed by atoms with Crippen LogP contribution in [-0.4, -0.2) is 19.1 Å². The summed E-state index contributed by atoms with van der Waals surface area (Å²) in [5.74, 6) is -0.290. The Bertz CT molecular complexity index is 623. The van der Waals surface area contributed by atoms with Crippen molar-refractivity contribution in [2.24, 2.45) is 0 Å². The van der Waals surface area contributed by atoms with E-state index in [4.69, 9.17) is 11.6 Å². The lowest BCUT2D eigenvalue weighted by Gasteiger charge is -2.10. The molecule has 2 aromatic rings. The molecule has 0 saturated heterocycles. The summed E-state index contributed by atoms with van der Waals surface area (Å²) in [5, 5.41) is 7.60. The summed E-state index contributed by atoms with van der Waals surface area (Å²) in [4.78, 5) is 12.7. The number of nitrogens with one attached hydrogen (secondary N) is 2. The van der Waals surface area contributed by atoms with Crippen LogP contribution < -0.4 is 15.4 Å². The van der Waals surface area contributed by atoms with E-state index in [9.17, 15) is 13.6 Å². The van der Waals surface area contributed by atoms with Gasteiger partial charge in [0.15, 0.2) is 0 Å². The van der Waals surface area contributed by atoms with E-state index >= 15 is 0 Å². The number of benzene rings is 1. The lowest BCUT2D eigenvalue weighted by Crippen LogP contribution is -2.29. The molecule has 0 atom stereocenters. The smallest absolute Gasteiger partial charge is 0.387 e. The molecule has 0 fully saturated rings. The minimum Gasteiger partial charge on any atom is -0.433 e. The van der Waals surface area contributed by atoms with Crippen molar-refractivity contribution in [2.45, 2.75) is 13.2 Å². The van der Waals surface area contributed by atoms with E-state index in [1.165, 1.54) is 18.2 Å². The van der Waals surface area contributed by atoms with Gasteiger partial charge in [-0.1, -0.05) is 17.7 Å². The molecule has 1 amide bonds. The molecule has 2 rings (SSSR count). The zero-order chi connectivity index (χ0) is 15.9. The highest BCUT2D eigenvalue weighted by atomic mass is 35.5. The van der Waals surface area contributed by atoms with Gasteiger partial charge in [0.1, 0.15) is 5.75 Å². The number of carbonyl (C=O) groups excluding carboxylic acids is 1. The van der Waals surface area contributed by atoms with Crippen LogP contribution in [0.1, 0.15) is 4.88 Å². The molecule has 0 aliphatic carbocycles. The second kappa shape index (κ2) is 7.95. The second-order valence-electron chi connectivity index (χ2n) is 4.23. The highest BCUT2D eigenvalue weighted by molar-refractivity contribution is 7.09. The number of thiophene rings is 1. The molecule has 2 N–H and O–H groups in total. The molecular weight excluding hydrogens is 334 g/mol. The Morgan fingerprint density at radius 1 is 1.36 bits per heavy atom. The van der Waals surface area contributed by atoms with Crippen LogP contribution in [0.5, 0.6) is 5.75 Å². The van der Waals surface area contributed by atoms with Crippen LogP contribution in [0.3, 0.4) is 0 Å². The van der Waals surface area contributed by atoms with Crippen LogP contribution in [0, 0.1) is 0 Å². The maximum Gasteiger partial charge on any atom is 0.387 e. The van der Waals surface area contributed by atoms with Crippen LogP contribution in [0.15, 0.2) is 35.7 Å². The number of hydrogen-bond acceptors (Lipinski definition) is 4. The van der Waals surface area contributed by atoms with Crippen molar-refractivity contribution < 1.29 is 18.3 Å². The van der Waals surface area contributed by atoms with Gasteiger partial charge < -0.3 is 15.4 Å². The molecule has 1 heterocycles. The number of halogens is 3. The molecule has 118 valence electrons. The minimum absolute atomic E-state index is 0.0456. The van der Waals surface area contributed by atoms with Crippen molar-refractivity contribution >= 4 is 34.5 Å². The first-order chi connectivity index (χ1) is 10.5. The summed E-state index contributed by atoms with van der Waals surface area (Å²) in [6.07, 6.45) is 0. The number of alkyl halides is 2. The third kappa shape index (κ3) is 5.16. The summed E-state index contributed by atoms with van der Waals surface area (Å²) in [5.41, 5.74) is 0.540. The monoisotopic (exact) mass is 346 g/mol. The first-order valence-electron chi connectivity index (χ1n) is 6.32. The quantitative estimate of drug-likeness (QED) is 0.803. The Morgan fingerprint density at radius 2 is 2.18 bits per heavy atom. The van der Waals surface area contributed by atoms with E-state index in [0.717, 1.165) is 4.88 Å². The van der Waals surface area contributed by atoms with E-state index in [1.54, 1.807) is 11.3 Å². The van der Waals surface area contributed by atoms with Gasteiger partial charge in [-0.25, -0.2) is 0 Å². The number of rotatable bonds is 7. The number of amides is 1. The van der Waals surface area contributed by atoms with E-state index in [0.29, 0.717) is 12.2 Å². The molecule has 0 spiro atoms. The molecule has 22 heavy (non-hydrogen) atoms. The fourth-order valence-corrected chi connectivity index (χ4v) is 2.52. The Morgan fingerprint density at radius 3 is 2.82 bits per heavy atom. The highest BCUT2D eigenvalue weighted by Crippen LogP contribution is 2.28. The van der Waals surface area contributed by atoms with Crippen molar-refractivity contribution in [1.82, 2.24) is 5.32 Å². The molecule has 0 radical (unpaired) electrons. The average Bonchev–Trinajstić information content (AvgIpc) is 2.98. The summed E-state index contributed by atoms with van der Waals surface area (Å²) >= 11 is 7.38. The highest BCUT2D eigenvalue weighted by Gasteiger charge is 2.09. The standard InChI is InChI=1S/C14H13ClF2N2O2S/c15-11-6-9(3-4-12(11)21-14(16)17)18-8-13(20)19-7-10-2-1-5-22-10/h1-6,14,18H,7-8H2,(H,19,20). The predicted molar refractivity (Wildman–Crippen MR) is 82.7 cm³/mol. The molecule has 0 aliphatic heterocycles. The Kier molecular flexibility index (Phi) is 5.97. The molecule has 0 unspecified atom stereocenters. The largest absolute Gasteiger partial charge is 0.433 e. The van der Waals surface area contributed by atoms with Gasteiger partial charge in [-0.3, -0.25) is 4.79 Å². The van der Waals surface area contributed by atoms with Crippen LogP contribution in [-0.2, 0) is 11.3 Å². The zero-order valence-electron chi connectivity index (χ0n) is 11.3. The number of carbonyl (C=O) groups is 1. The van der Waals surface area contributed by atoms with Gasteiger partial charge in [-0.2, -0.15) is 8.78 Å². The van der Waals surface area contributed by atoms with Crippen molar-refractivity contribution in [3.8, 4) is 5.75 Å². The van der Waals surface area contributed by atoms with Gasteiger partial charge >= 0.3 is 6.61 Å². The molecule has 1 aromatic heterocycles. The molecule has 0 bridgehead atoms. The predicted octanol–water partition coefficient (Wildman–Crippen LogP) is 3.73. The summed E-state index contributed by atoms with van der Waals surface area (Å²) in [7, 11) is 0. The van der Waals surface area contributed by atoms with Crippen LogP contribution in [0.4, 0.5) is 14.5 Å². The first kappa shape index (κ1) is 16.5. The number of ether oxygens (including phenoxy) is 1. The fraction of sp³-hybridized carbons (Fsp3) is 0.214. The Hall–Kier alpha value is -1.86. The molecule has 1 aromatic carbocycles. The molecule has 0 aliphatic rings. The number of anilines is 1. The van der Waals surface area contributed by atoms with Gasteiger partial charge in [-0.05, 0) is 29.6 Å². The summed E-state index contributed by atoms with van der Waals surface area (Å²) < 4.78 is 28.4. The lowest BCUT2D eigenvalue weighted by molar-refractivity contribution is -0.119. The normalized spacial score (nSPS) is 10.5. The average molecular weight is 347 g/mol. The summed E-state index contributed by atoms with van der Waals surface area (Å²) in [6.45, 7) is -2.41. The maximum absolute atomic E-state index is 12.1. The van der Waals surface area contributed by atoms with Crippen molar-refractivity contribution in [3.63, 3.8) is 0 Å². The van der Waals surface area contributed by atoms with E-state index in [2.05, 4.69) is 15.4 Å². The van der Waals surface area contributed by atoms with E-state index in [-0.39, 0.29) is 23.2 Å². The molecule has 4 nitrogen and oxygen atoms in total. The van der Waals surface area contributed by atoms with Crippen molar-refractivity contribution in [3.05, 3.63) is 45.6 Å². The zero-order valence-corrected chi connectivity index (χ0v) is 12.9. The molecule has 8 heteroatoms. The third-order valence-electron chi connectivity index (χ3n) is 2.64. The SMILES string of the molecule is O=C(CNc1ccc(OC(F)F)c(Cl)c1)NCc1cccs1. The maximum atomic E-state index is 12.1. The molecular formula is C14H13ClF2N2O2S. The van der Waals surface area contributed by atoms with Gasteiger partial charge in [0.05, 0.1) is 18.1 Å². The second-order valence-corrected chi connectivity index (χ2v) is 5.67. The Labute approximate surface area is 135 Å². The van der Waals surface area contributed by atoms with E-state index < -0.39 is 6.61 Å². The van der Waals surface area contributed by atoms with Crippen LogP contribution >= 0.6 is 22.9 Å². The van der Waals surface area contributed by atoms with Crippen molar-refractivity contribution in [1.29, 1.82) is 0 Å². The first-order valence-corrected chi connectivity index (χ1v) is 7.57.